The molecule has 1 aromatic heterocycles. The van der Waals surface area contributed by atoms with Crippen LogP contribution in [0.25, 0.3) is 0 Å². The fraction of sp³-hybridized carbons (Fsp3) is 0.250. The molecule has 1 aromatic rings. The number of alkyl carbamates (subject to hydrolysis) is 1. The minimum absolute atomic E-state index is 0.152. The zero-order valence-electron chi connectivity index (χ0n) is 6.36. The zero-order chi connectivity index (χ0) is 8.39. The van der Waals surface area contributed by atoms with Crippen molar-refractivity contribution in [3.63, 3.8) is 0 Å². The summed E-state index contributed by atoms with van der Waals surface area (Å²) in [4.78, 5) is 14.6. The maximum Gasteiger partial charge on any atom is 0.407 e. The average Bonchev–Trinajstić information content (AvgIpc) is 2.54. The molecule has 1 fully saturated rings. The highest BCUT2D eigenvalue weighted by Crippen LogP contribution is 2.19. The largest absolute Gasteiger partial charge is 0.439 e. The van der Waals surface area contributed by atoms with Crippen molar-refractivity contribution in [3.8, 4) is 0 Å². The van der Waals surface area contributed by atoms with Gasteiger partial charge >= 0.3 is 6.09 Å². The smallest absolute Gasteiger partial charge is 0.407 e. The van der Waals surface area contributed by atoms with Crippen molar-refractivity contribution in [1.82, 2.24) is 10.3 Å². The lowest BCUT2D eigenvalue weighted by Gasteiger charge is -2.05. The predicted octanol–water partition coefficient (Wildman–Crippen LogP) is 0.863. The summed E-state index contributed by atoms with van der Waals surface area (Å²) in [7, 11) is 0. The SMILES string of the molecule is O=C1NCC(c2ccncc2)O1. The molecule has 1 unspecified atom stereocenters. The maximum absolute atomic E-state index is 10.7. The van der Waals surface area contributed by atoms with Gasteiger partial charge < -0.3 is 10.1 Å². The third kappa shape index (κ3) is 1.23. The normalized spacial score (nSPS) is 21.7. The molecule has 12 heavy (non-hydrogen) atoms. The van der Waals surface area contributed by atoms with Crippen LogP contribution in [0.15, 0.2) is 24.5 Å². The second-order valence-electron chi connectivity index (χ2n) is 2.56. The Morgan fingerprint density at radius 3 is 2.83 bits per heavy atom. The van der Waals surface area contributed by atoms with E-state index in [1.165, 1.54) is 0 Å². The van der Waals surface area contributed by atoms with Crippen LogP contribution < -0.4 is 5.32 Å². The Morgan fingerprint density at radius 1 is 1.50 bits per heavy atom. The first kappa shape index (κ1) is 7.09. The van der Waals surface area contributed by atoms with Crippen LogP contribution in [-0.4, -0.2) is 17.6 Å². The van der Waals surface area contributed by atoms with Crippen LogP contribution in [0.5, 0.6) is 0 Å². The summed E-state index contributed by atoms with van der Waals surface area (Å²) in [5, 5.41) is 2.59. The number of pyridine rings is 1. The van der Waals surface area contributed by atoms with E-state index in [1.807, 2.05) is 12.1 Å². The van der Waals surface area contributed by atoms with Crippen molar-refractivity contribution in [1.29, 1.82) is 0 Å². The van der Waals surface area contributed by atoms with Crippen molar-refractivity contribution in [2.75, 3.05) is 6.54 Å². The Morgan fingerprint density at radius 2 is 2.25 bits per heavy atom. The second kappa shape index (κ2) is 2.81. The molecule has 0 bridgehead atoms. The first-order chi connectivity index (χ1) is 5.86. The van der Waals surface area contributed by atoms with E-state index >= 15 is 0 Å². The van der Waals surface area contributed by atoms with Crippen molar-refractivity contribution < 1.29 is 9.53 Å². The summed E-state index contributed by atoms with van der Waals surface area (Å²) in [6, 6.07) is 3.68. The molecule has 1 saturated heterocycles. The van der Waals surface area contributed by atoms with E-state index in [-0.39, 0.29) is 12.2 Å². The monoisotopic (exact) mass is 164 g/mol. The van der Waals surface area contributed by atoms with Gasteiger partial charge in [0.15, 0.2) is 0 Å². The zero-order valence-corrected chi connectivity index (χ0v) is 6.36. The van der Waals surface area contributed by atoms with Crippen molar-refractivity contribution in [2.24, 2.45) is 0 Å². The quantitative estimate of drug-likeness (QED) is 0.669. The molecule has 4 heteroatoms. The van der Waals surface area contributed by atoms with Gasteiger partial charge in [-0.1, -0.05) is 0 Å². The minimum atomic E-state index is -0.350. The third-order valence-corrected chi connectivity index (χ3v) is 1.76. The summed E-state index contributed by atoms with van der Waals surface area (Å²) in [5.41, 5.74) is 0.975. The summed E-state index contributed by atoms with van der Waals surface area (Å²) >= 11 is 0. The van der Waals surface area contributed by atoms with Crippen LogP contribution in [0.1, 0.15) is 11.7 Å². The lowest BCUT2D eigenvalue weighted by atomic mass is 10.1. The van der Waals surface area contributed by atoms with E-state index in [0.29, 0.717) is 6.54 Å². The van der Waals surface area contributed by atoms with Gasteiger partial charge in [-0.2, -0.15) is 0 Å². The van der Waals surface area contributed by atoms with Crippen LogP contribution in [0, 0.1) is 0 Å². The Bertz CT molecular complexity index is 286. The van der Waals surface area contributed by atoms with Crippen molar-refractivity contribution in [3.05, 3.63) is 30.1 Å². The molecule has 2 rings (SSSR count). The standard InChI is InChI=1S/C8H8N2O2/c11-8-10-5-7(12-8)6-1-3-9-4-2-6/h1-4,7H,5H2,(H,10,11). The van der Waals surface area contributed by atoms with Crippen LogP contribution in [0.3, 0.4) is 0 Å². The van der Waals surface area contributed by atoms with E-state index in [2.05, 4.69) is 10.3 Å². The molecule has 0 aromatic carbocycles. The number of nitrogens with zero attached hydrogens (tertiary/aromatic N) is 1. The van der Waals surface area contributed by atoms with Gasteiger partial charge in [0.2, 0.25) is 0 Å². The predicted molar refractivity (Wildman–Crippen MR) is 41.5 cm³/mol. The molecule has 2 heterocycles. The van der Waals surface area contributed by atoms with Gasteiger partial charge in [0.1, 0.15) is 6.10 Å². The topological polar surface area (TPSA) is 51.2 Å². The Hall–Kier alpha value is -1.58. The van der Waals surface area contributed by atoms with E-state index in [0.717, 1.165) is 5.56 Å². The number of ether oxygens (including phenoxy) is 1. The van der Waals surface area contributed by atoms with Crippen molar-refractivity contribution in [2.45, 2.75) is 6.10 Å². The van der Waals surface area contributed by atoms with Crippen molar-refractivity contribution >= 4 is 6.09 Å². The Kier molecular flexibility index (Phi) is 1.66. The van der Waals surface area contributed by atoms with Gasteiger partial charge in [0, 0.05) is 12.4 Å². The molecule has 1 atom stereocenters. The summed E-state index contributed by atoms with van der Waals surface area (Å²) in [5.74, 6) is 0. The number of hydrogen-bond acceptors (Lipinski definition) is 3. The van der Waals surface area contributed by atoms with Gasteiger partial charge in [-0.25, -0.2) is 4.79 Å². The molecule has 4 nitrogen and oxygen atoms in total. The number of amides is 1. The molecule has 1 aliphatic rings. The number of carbonyl (C=O) groups excluding carboxylic acids is 1. The number of nitrogens with one attached hydrogen (secondary N) is 1. The lowest BCUT2D eigenvalue weighted by Crippen LogP contribution is -2.12. The molecule has 0 saturated carbocycles. The number of aromatic nitrogens is 1. The van der Waals surface area contributed by atoms with Gasteiger partial charge in [-0.3, -0.25) is 4.98 Å². The van der Waals surface area contributed by atoms with Gasteiger partial charge in [-0.05, 0) is 17.7 Å². The Balaban J connectivity index is 2.16. The highest BCUT2D eigenvalue weighted by atomic mass is 16.6. The van der Waals surface area contributed by atoms with E-state index < -0.39 is 0 Å². The maximum atomic E-state index is 10.7. The molecule has 1 amide bonds. The minimum Gasteiger partial charge on any atom is -0.439 e. The van der Waals surface area contributed by atoms with Gasteiger partial charge in [0.25, 0.3) is 0 Å². The highest BCUT2D eigenvalue weighted by molar-refractivity contribution is 5.69. The van der Waals surface area contributed by atoms with Gasteiger partial charge in [0.05, 0.1) is 6.54 Å². The molecule has 1 aliphatic heterocycles. The third-order valence-electron chi connectivity index (χ3n) is 1.76. The number of cyclic esters (lactones) is 1. The van der Waals surface area contributed by atoms with Crippen LogP contribution in [0.2, 0.25) is 0 Å². The highest BCUT2D eigenvalue weighted by Gasteiger charge is 2.23. The molecule has 0 aliphatic carbocycles. The number of rotatable bonds is 1. The summed E-state index contributed by atoms with van der Waals surface area (Å²) < 4.78 is 4.97. The molecular weight excluding hydrogens is 156 g/mol. The van der Waals surface area contributed by atoms with Crippen LogP contribution >= 0.6 is 0 Å². The number of carbonyl (C=O) groups is 1. The molecule has 1 N–H and O–H groups in total. The molecule has 0 radical (unpaired) electrons. The lowest BCUT2D eigenvalue weighted by molar-refractivity contribution is 0.141. The molecule has 0 spiro atoms. The average molecular weight is 164 g/mol. The van der Waals surface area contributed by atoms with Gasteiger partial charge in [-0.15, -0.1) is 0 Å². The van der Waals surface area contributed by atoms with E-state index in [4.69, 9.17) is 4.74 Å². The molecule has 62 valence electrons. The summed E-state index contributed by atoms with van der Waals surface area (Å²) in [6.45, 7) is 0.544. The fourth-order valence-electron chi connectivity index (χ4n) is 1.15. The van der Waals surface area contributed by atoms with E-state index in [1.54, 1.807) is 12.4 Å². The fourth-order valence-corrected chi connectivity index (χ4v) is 1.15. The first-order valence-electron chi connectivity index (χ1n) is 3.70. The number of hydrogen-bond donors (Lipinski definition) is 1. The first-order valence-corrected chi connectivity index (χ1v) is 3.70. The second-order valence-corrected chi connectivity index (χ2v) is 2.56. The molecular formula is C8H8N2O2. The summed E-state index contributed by atoms with van der Waals surface area (Å²) in [6.07, 6.45) is 2.86. The van der Waals surface area contributed by atoms with Crippen LogP contribution in [0.4, 0.5) is 4.79 Å². The van der Waals surface area contributed by atoms with E-state index in [9.17, 15) is 4.79 Å². The van der Waals surface area contributed by atoms with Crippen LogP contribution in [-0.2, 0) is 4.74 Å². The Labute approximate surface area is 69.6 Å².